The molecular formula is C19H22N2O2. The van der Waals surface area contributed by atoms with Crippen molar-refractivity contribution in [2.75, 3.05) is 11.9 Å². The van der Waals surface area contributed by atoms with E-state index in [4.69, 9.17) is 4.84 Å². The molecule has 0 atom stereocenters. The van der Waals surface area contributed by atoms with E-state index in [0.29, 0.717) is 0 Å². The van der Waals surface area contributed by atoms with Crippen molar-refractivity contribution in [1.82, 2.24) is 0 Å². The number of aryl methyl sites for hydroxylation is 3. The highest BCUT2D eigenvalue weighted by Gasteiger charge is 2.07. The van der Waals surface area contributed by atoms with Crippen molar-refractivity contribution >= 4 is 17.8 Å². The van der Waals surface area contributed by atoms with E-state index >= 15 is 0 Å². The van der Waals surface area contributed by atoms with E-state index in [9.17, 15) is 4.79 Å². The number of nitrogens with zero attached hydrogens (tertiary/aromatic N) is 1. The molecule has 2 rings (SSSR count). The lowest BCUT2D eigenvalue weighted by Crippen LogP contribution is -2.18. The summed E-state index contributed by atoms with van der Waals surface area (Å²) in [7, 11) is 0. The quantitative estimate of drug-likeness (QED) is 0.650. The number of benzene rings is 2. The molecule has 0 aliphatic carbocycles. The van der Waals surface area contributed by atoms with Crippen LogP contribution < -0.4 is 5.32 Å². The van der Waals surface area contributed by atoms with Gasteiger partial charge in [-0.3, -0.25) is 4.79 Å². The van der Waals surface area contributed by atoms with Gasteiger partial charge in [0.05, 0.1) is 6.21 Å². The smallest absolute Gasteiger partial charge is 0.265 e. The fourth-order valence-electron chi connectivity index (χ4n) is 2.22. The summed E-state index contributed by atoms with van der Waals surface area (Å²) < 4.78 is 0. The zero-order valence-electron chi connectivity index (χ0n) is 13.8. The highest BCUT2D eigenvalue weighted by atomic mass is 16.6. The highest BCUT2D eigenvalue weighted by Crippen LogP contribution is 2.19. The summed E-state index contributed by atoms with van der Waals surface area (Å²) in [6, 6.07) is 13.9. The van der Waals surface area contributed by atoms with Gasteiger partial charge in [0.1, 0.15) is 0 Å². The Labute approximate surface area is 137 Å². The molecule has 2 aromatic carbocycles. The maximum atomic E-state index is 11.9. The van der Waals surface area contributed by atoms with E-state index in [0.717, 1.165) is 28.8 Å². The third-order valence-corrected chi connectivity index (χ3v) is 3.61. The Morgan fingerprint density at radius 3 is 2.39 bits per heavy atom. The van der Waals surface area contributed by atoms with E-state index in [1.54, 1.807) is 6.21 Å². The van der Waals surface area contributed by atoms with Gasteiger partial charge in [-0.1, -0.05) is 54.5 Å². The van der Waals surface area contributed by atoms with Crippen LogP contribution in [0, 0.1) is 13.8 Å². The Morgan fingerprint density at radius 1 is 1.13 bits per heavy atom. The minimum absolute atomic E-state index is 0.114. The third kappa shape index (κ3) is 4.95. The molecule has 2 aromatic rings. The zero-order chi connectivity index (χ0) is 16.7. The molecule has 0 fully saturated rings. The maximum Gasteiger partial charge on any atom is 0.265 e. The lowest BCUT2D eigenvalue weighted by Gasteiger charge is -2.10. The van der Waals surface area contributed by atoms with Gasteiger partial charge < -0.3 is 10.2 Å². The molecule has 0 aliphatic rings. The molecule has 0 spiro atoms. The summed E-state index contributed by atoms with van der Waals surface area (Å²) in [6.45, 7) is 5.92. The lowest BCUT2D eigenvalue weighted by atomic mass is 10.1. The molecule has 0 heterocycles. The predicted molar refractivity (Wildman–Crippen MR) is 93.9 cm³/mol. The number of oxime groups is 1. The second kappa shape index (κ2) is 8.13. The van der Waals surface area contributed by atoms with Crippen LogP contribution in [0.4, 0.5) is 5.69 Å². The van der Waals surface area contributed by atoms with Gasteiger partial charge in [-0.25, -0.2) is 0 Å². The van der Waals surface area contributed by atoms with Crippen LogP contribution in [-0.2, 0) is 16.1 Å². The normalized spacial score (nSPS) is 10.7. The van der Waals surface area contributed by atoms with Crippen molar-refractivity contribution in [2.24, 2.45) is 5.16 Å². The Balaban J connectivity index is 1.83. The lowest BCUT2D eigenvalue weighted by molar-refractivity contribution is -0.120. The largest absolute Gasteiger partial charge is 0.386 e. The zero-order valence-corrected chi connectivity index (χ0v) is 13.8. The van der Waals surface area contributed by atoms with E-state index in [-0.39, 0.29) is 12.5 Å². The van der Waals surface area contributed by atoms with Gasteiger partial charge in [-0.15, -0.1) is 0 Å². The van der Waals surface area contributed by atoms with E-state index in [1.807, 2.05) is 44.2 Å². The molecule has 4 heteroatoms. The van der Waals surface area contributed by atoms with Crippen molar-refractivity contribution in [3.05, 3.63) is 64.7 Å². The predicted octanol–water partition coefficient (Wildman–Crippen LogP) is 3.86. The molecule has 120 valence electrons. The molecule has 23 heavy (non-hydrogen) atoms. The maximum absolute atomic E-state index is 11.9. The fraction of sp³-hybridized carbons (Fsp3) is 0.263. The van der Waals surface area contributed by atoms with Crippen molar-refractivity contribution in [1.29, 1.82) is 0 Å². The number of carbonyl (C=O) groups is 1. The number of para-hydroxylation sites is 1. The number of anilines is 1. The Hall–Kier alpha value is -2.62. The van der Waals surface area contributed by atoms with Crippen LogP contribution in [0.25, 0.3) is 0 Å². The molecule has 1 N–H and O–H groups in total. The van der Waals surface area contributed by atoms with E-state index < -0.39 is 0 Å². The van der Waals surface area contributed by atoms with Gasteiger partial charge in [-0.2, -0.15) is 0 Å². The molecule has 0 saturated carbocycles. The number of hydrogen-bond donors (Lipinski definition) is 1. The molecule has 0 aromatic heterocycles. The first-order valence-electron chi connectivity index (χ1n) is 7.70. The van der Waals surface area contributed by atoms with Crippen LogP contribution >= 0.6 is 0 Å². The molecule has 4 nitrogen and oxygen atoms in total. The standard InChI is InChI=1S/C19H22N2O2/c1-4-16-8-10-17(11-9-16)12-20-23-13-18(22)21-19-14(2)6-5-7-15(19)3/h5-12H,4,13H2,1-3H3,(H,21,22)/b20-12-. The van der Waals surface area contributed by atoms with E-state index in [1.165, 1.54) is 5.56 Å². The van der Waals surface area contributed by atoms with Crippen molar-refractivity contribution in [3.63, 3.8) is 0 Å². The summed E-state index contributed by atoms with van der Waals surface area (Å²) in [4.78, 5) is 17.0. The number of carbonyl (C=O) groups excluding carboxylic acids is 1. The van der Waals surface area contributed by atoms with Gasteiger partial charge in [0.2, 0.25) is 0 Å². The fourth-order valence-corrected chi connectivity index (χ4v) is 2.22. The monoisotopic (exact) mass is 310 g/mol. The summed E-state index contributed by atoms with van der Waals surface area (Å²) >= 11 is 0. The van der Waals surface area contributed by atoms with Crippen LogP contribution in [-0.4, -0.2) is 18.7 Å². The average Bonchev–Trinajstić information content (AvgIpc) is 2.56. The van der Waals surface area contributed by atoms with Crippen molar-refractivity contribution in [3.8, 4) is 0 Å². The number of rotatable bonds is 6. The summed E-state index contributed by atoms with van der Waals surface area (Å²) in [6.07, 6.45) is 2.61. The van der Waals surface area contributed by atoms with Crippen LogP contribution in [0.15, 0.2) is 47.6 Å². The van der Waals surface area contributed by atoms with Crippen molar-refractivity contribution in [2.45, 2.75) is 27.2 Å². The molecule has 0 saturated heterocycles. The minimum Gasteiger partial charge on any atom is -0.386 e. The molecule has 0 aliphatic heterocycles. The minimum atomic E-state index is -0.221. The Kier molecular flexibility index (Phi) is 5.92. The summed E-state index contributed by atoms with van der Waals surface area (Å²) in [5.74, 6) is -0.221. The first kappa shape index (κ1) is 16.7. The SMILES string of the molecule is CCc1ccc(/C=N\OCC(=O)Nc2c(C)cccc2C)cc1. The first-order chi connectivity index (χ1) is 11.1. The topological polar surface area (TPSA) is 50.7 Å². The molecule has 0 bridgehead atoms. The van der Waals surface area contributed by atoms with Crippen LogP contribution in [0.2, 0.25) is 0 Å². The molecule has 0 radical (unpaired) electrons. The summed E-state index contributed by atoms with van der Waals surface area (Å²) in [5, 5.41) is 6.69. The van der Waals surface area contributed by atoms with Gasteiger partial charge in [0, 0.05) is 5.69 Å². The first-order valence-corrected chi connectivity index (χ1v) is 7.70. The number of hydrogen-bond acceptors (Lipinski definition) is 3. The van der Waals surface area contributed by atoms with Gasteiger partial charge in [-0.05, 0) is 42.5 Å². The number of amides is 1. The highest BCUT2D eigenvalue weighted by molar-refractivity contribution is 5.93. The third-order valence-electron chi connectivity index (χ3n) is 3.61. The second-order valence-electron chi connectivity index (χ2n) is 5.42. The molecule has 0 unspecified atom stereocenters. The average molecular weight is 310 g/mol. The van der Waals surface area contributed by atoms with Crippen LogP contribution in [0.1, 0.15) is 29.2 Å². The van der Waals surface area contributed by atoms with Crippen molar-refractivity contribution < 1.29 is 9.63 Å². The Bertz CT molecular complexity index is 671. The second-order valence-corrected chi connectivity index (χ2v) is 5.42. The van der Waals surface area contributed by atoms with Crippen LogP contribution in [0.3, 0.4) is 0 Å². The van der Waals surface area contributed by atoms with Gasteiger partial charge in [0.25, 0.3) is 5.91 Å². The summed E-state index contributed by atoms with van der Waals surface area (Å²) in [5.41, 5.74) is 5.10. The van der Waals surface area contributed by atoms with E-state index in [2.05, 4.69) is 29.5 Å². The number of nitrogens with one attached hydrogen (secondary N) is 1. The van der Waals surface area contributed by atoms with Gasteiger partial charge >= 0.3 is 0 Å². The molecule has 1 amide bonds. The molecular weight excluding hydrogens is 288 g/mol. The van der Waals surface area contributed by atoms with Crippen LogP contribution in [0.5, 0.6) is 0 Å². The van der Waals surface area contributed by atoms with Gasteiger partial charge in [0.15, 0.2) is 6.61 Å². The Morgan fingerprint density at radius 2 is 1.78 bits per heavy atom.